The normalized spacial score (nSPS) is 12.2. The van der Waals surface area contributed by atoms with Gasteiger partial charge in [-0.2, -0.15) is 0 Å². The number of hydrogen-bond acceptors (Lipinski definition) is 3. The van der Waals surface area contributed by atoms with Crippen LogP contribution in [0.5, 0.6) is 0 Å². The maximum Gasteiger partial charge on any atom is 0.254 e. The van der Waals surface area contributed by atoms with E-state index in [0.29, 0.717) is 18.2 Å². The van der Waals surface area contributed by atoms with Crippen molar-refractivity contribution in [3.05, 3.63) is 29.3 Å². The summed E-state index contributed by atoms with van der Waals surface area (Å²) >= 11 is 0. The molecular formula is C11H14F2N2O2S. The molecule has 18 heavy (non-hydrogen) atoms. The molecule has 1 amide bonds. The topological polar surface area (TPSA) is 72.2 Å². The number of hydrogen-bond donors (Lipinski definition) is 2. The third kappa shape index (κ3) is 4.06. The highest BCUT2D eigenvalue weighted by Gasteiger charge is 2.14. The summed E-state index contributed by atoms with van der Waals surface area (Å²) in [6, 6.07) is 1.53. The smallest absolute Gasteiger partial charge is 0.254 e. The Hall–Kier alpha value is -1.50. The van der Waals surface area contributed by atoms with Crippen molar-refractivity contribution in [1.82, 2.24) is 5.32 Å². The van der Waals surface area contributed by atoms with Crippen LogP contribution in [0.2, 0.25) is 0 Å². The monoisotopic (exact) mass is 276 g/mol. The maximum atomic E-state index is 13.3. The molecule has 7 heteroatoms. The van der Waals surface area contributed by atoms with Crippen molar-refractivity contribution in [1.29, 1.82) is 0 Å². The first-order valence-electron chi connectivity index (χ1n) is 5.24. The van der Waals surface area contributed by atoms with Crippen LogP contribution in [0.4, 0.5) is 14.5 Å². The summed E-state index contributed by atoms with van der Waals surface area (Å²) in [4.78, 5) is 11.6. The highest BCUT2D eigenvalue weighted by Crippen LogP contribution is 2.16. The van der Waals surface area contributed by atoms with Crippen molar-refractivity contribution in [2.45, 2.75) is 6.42 Å². The van der Waals surface area contributed by atoms with E-state index in [1.165, 1.54) is 0 Å². The van der Waals surface area contributed by atoms with Gasteiger partial charge in [0.25, 0.3) is 5.91 Å². The summed E-state index contributed by atoms with van der Waals surface area (Å²) in [7, 11) is -0.931. The van der Waals surface area contributed by atoms with Crippen LogP contribution in [-0.2, 0) is 10.8 Å². The van der Waals surface area contributed by atoms with E-state index in [1.54, 1.807) is 6.26 Å². The fraction of sp³-hybridized carbons (Fsp3) is 0.364. The fourth-order valence-electron chi connectivity index (χ4n) is 1.31. The molecule has 0 bridgehead atoms. The largest absolute Gasteiger partial charge is 0.396 e. The number of rotatable bonds is 5. The Morgan fingerprint density at radius 3 is 2.67 bits per heavy atom. The standard InChI is InChI=1S/C11H14F2N2O2S/c1-18(17)4-2-3-15-11(16)7-5-10(14)9(13)6-8(7)12/h5-6H,2-4,14H2,1H3,(H,15,16). The molecule has 0 aliphatic rings. The Bertz CT molecular complexity index is 480. The van der Waals surface area contributed by atoms with Crippen LogP contribution < -0.4 is 11.1 Å². The van der Waals surface area contributed by atoms with Gasteiger partial charge in [-0.1, -0.05) is 0 Å². The van der Waals surface area contributed by atoms with Crippen LogP contribution >= 0.6 is 0 Å². The Labute approximate surface area is 106 Å². The second-order valence-electron chi connectivity index (χ2n) is 3.74. The fourth-order valence-corrected chi connectivity index (χ4v) is 1.86. The number of nitrogens with one attached hydrogen (secondary N) is 1. The summed E-state index contributed by atoms with van der Waals surface area (Å²) in [5, 5.41) is 2.45. The molecule has 1 aromatic carbocycles. The molecule has 4 nitrogen and oxygen atoms in total. The molecule has 0 aromatic heterocycles. The van der Waals surface area contributed by atoms with E-state index in [-0.39, 0.29) is 17.8 Å². The van der Waals surface area contributed by atoms with Crippen molar-refractivity contribution in [2.75, 3.05) is 24.3 Å². The highest BCUT2D eigenvalue weighted by molar-refractivity contribution is 7.84. The molecule has 3 N–H and O–H groups in total. The number of amides is 1. The molecule has 0 spiro atoms. The SMILES string of the molecule is CS(=O)CCCNC(=O)c1cc(N)c(F)cc1F. The lowest BCUT2D eigenvalue weighted by atomic mass is 10.1. The number of halogens is 2. The minimum Gasteiger partial charge on any atom is -0.396 e. The van der Waals surface area contributed by atoms with Gasteiger partial charge in [0.2, 0.25) is 0 Å². The van der Waals surface area contributed by atoms with E-state index in [1.807, 2.05) is 0 Å². The number of carbonyl (C=O) groups excluding carboxylic acids is 1. The number of nitrogens with two attached hydrogens (primary N) is 1. The summed E-state index contributed by atoms with van der Waals surface area (Å²) in [5.74, 6) is -2.07. The van der Waals surface area contributed by atoms with Gasteiger partial charge in [-0.15, -0.1) is 0 Å². The molecule has 1 aromatic rings. The Morgan fingerprint density at radius 2 is 2.06 bits per heavy atom. The Balaban J connectivity index is 2.62. The third-order valence-corrected chi connectivity index (χ3v) is 3.09. The second-order valence-corrected chi connectivity index (χ2v) is 5.29. The zero-order chi connectivity index (χ0) is 13.7. The van der Waals surface area contributed by atoms with Gasteiger partial charge in [-0.25, -0.2) is 8.78 Å². The van der Waals surface area contributed by atoms with Gasteiger partial charge in [-0.05, 0) is 12.5 Å². The Kier molecular flexibility index (Phi) is 5.21. The van der Waals surface area contributed by atoms with Gasteiger partial charge >= 0.3 is 0 Å². The van der Waals surface area contributed by atoms with Crippen molar-refractivity contribution < 1.29 is 17.8 Å². The number of nitrogen functional groups attached to an aromatic ring is 1. The van der Waals surface area contributed by atoms with E-state index in [0.717, 1.165) is 6.07 Å². The zero-order valence-corrected chi connectivity index (χ0v) is 10.7. The van der Waals surface area contributed by atoms with E-state index in [9.17, 15) is 17.8 Å². The lowest BCUT2D eigenvalue weighted by Gasteiger charge is -2.07. The van der Waals surface area contributed by atoms with E-state index in [4.69, 9.17) is 5.73 Å². The molecule has 100 valence electrons. The number of anilines is 1. The second kappa shape index (κ2) is 6.44. The first-order valence-corrected chi connectivity index (χ1v) is 6.97. The summed E-state index contributed by atoms with van der Waals surface area (Å²) in [6.07, 6.45) is 2.08. The van der Waals surface area contributed by atoms with E-state index >= 15 is 0 Å². The lowest BCUT2D eigenvalue weighted by molar-refractivity contribution is 0.0949. The van der Waals surface area contributed by atoms with Gasteiger partial charge in [0.1, 0.15) is 11.6 Å². The molecule has 0 saturated heterocycles. The summed E-state index contributed by atoms with van der Waals surface area (Å²) < 4.78 is 37.0. The molecule has 0 saturated carbocycles. The number of carbonyl (C=O) groups is 1. The van der Waals surface area contributed by atoms with E-state index in [2.05, 4.69) is 5.32 Å². The van der Waals surface area contributed by atoms with Gasteiger partial charge in [0.05, 0.1) is 11.3 Å². The van der Waals surface area contributed by atoms with Crippen LogP contribution in [0.3, 0.4) is 0 Å². The van der Waals surface area contributed by atoms with Gasteiger partial charge in [-0.3, -0.25) is 9.00 Å². The summed E-state index contributed by atoms with van der Waals surface area (Å²) in [5.41, 5.74) is 4.68. The molecule has 1 unspecified atom stereocenters. The summed E-state index contributed by atoms with van der Waals surface area (Å²) in [6.45, 7) is 0.273. The lowest BCUT2D eigenvalue weighted by Crippen LogP contribution is -2.26. The molecule has 0 aliphatic carbocycles. The first kappa shape index (κ1) is 14.6. The molecule has 1 rings (SSSR count). The van der Waals surface area contributed by atoms with Crippen LogP contribution in [0, 0.1) is 11.6 Å². The van der Waals surface area contributed by atoms with Crippen molar-refractivity contribution >= 4 is 22.4 Å². The highest BCUT2D eigenvalue weighted by atomic mass is 32.2. The molecule has 1 atom stereocenters. The van der Waals surface area contributed by atoms with Crippen molar-refractivity contribution in [2.24, 2.45) is 0 Å². The molecular weight excluding hydrogens is 262 g/mol. The quantitative estimate of drug-likeness (QED) is 0.623. The van der Waals surface area contributed by atoms with Crippen LogP contribution in [0.1, 0.15) is 16.8 Å². The Morgan fingerprint density at radius 1 is 1.39 bits per heavy atom. The predicted octanol–water partition coefficient (Wildman–Crippen LogP) is 1.05. The van der Waals surface area contributed by atoms with Crippen molar-refractivity contribution in [3.63, 3.8) is 0 Å². The maximum absolute atomic E-state index is 13.3. The van der Waals surface area contributed by atoms with E-state index < -0.39 is 28.3 Å². The first-order chi connectivity index (χ1) is 8.41. The van der Waals surface area contributed by atoms with Gasteiger partial charge < -0.3 is 11.1 Å². The average molecular weight is 276 g/mol. The number of benzene rings is 1. The minimum atomic E-state index is -0.960. The zero-order valence-electron chi connectivity index (χ0n) is 9.83. The minimum absolute atomic E-state index is 0.273. The van der Waals surface area contributed by atoms with Crippen LogP contribution in [0.15, 0.2) is 12.1 Å². The predicted molar refractivity (Wildman–Crippen MR) is 66.7 cm³/mol. The van der Waals surface area contributed by atoms with Gasteiger partial charge in [0.15, 0.2) is 0 Å². The van der Waals surface area contributed by atoms with Crippen LogP contribution in [-0.4, -0.2) is 28.7 Å². The van der Waals surface area contributed by atoms with Gasteiger partial charge in [0, 0.05) is 35.4 Å². The molecule has 0 heterocycles. The van der Waals surface area contributed by atoms with Crippen LogP contribution in [0.25, 0.3) is 0 Å². The average Bonchev–Trinajstić information content (AvgIpc) is 2.28. The molecule has 0 fully saturated rings. The molecule has 0 aliphatic heterocycles. The molecule has 0 radical (unpaired) electrons. The third-order valence-electron chi connectivity index (χ3n) is 2.23. The van der Waals surface area contributed by atoms with Crippen molar-refractivity contribution in [3.8, 4) is 0 Å².